The zero-order chi connectivity index (χ0) is 20.5. The van der Waals surface area contributed by atoms with Crippen LogP contribution in [0.15, 0.2) is 60.8 Å². The van der Waals surface area contributed by atoms with E-state index in [2.05, 4.69) is 55.5 Å². The van der Waals surface area contributed by atoms with E-state index in [0.29, 0.717) is 12.5 Å². The van der Waals surface area contributed by atoms with Gasteiger partial charge in [0.15, 0.2) is 0 Å². The minimum atomic E-state index is 0.0374. The van der Waals surface area contributed by atoms with Crippen LogP contribution in [-0.4, -0.2) is 21.8 Å². The largest absolute Gasteiger partial charge is 0.296 e. The fourth-order valence-corrected chi connectivity index (χ4v) is 3.83. The number of rotatable bonds is 5. The van der Waals surface area contributed by atoms with Crippen LogP contribution >= 0.6 is 0 Å². The Morgan fingerprint density at radius 3 is 2.52 bits per heavy atom. The van der Waals surface area contributed by atoms with E-state index in [0.717, 1.165) is 45.5 Å². The maximum absolute atomic E-state index is 12.7. The lowest BCUT2D eigenvalue weighted by Gasteiger charge is -2.23. The number of amides is 1. The van der Waals surface area contributed by atoms with E-state index in [1.165, 1.54) is 0 Å². The van der Waals surface area contributed by atoms with Crippen LogP contribution in [0.3, 0.4) is 0 Å². The van der Waals surface area contributed by atoms with Gasteiger partial charge in [-0.15, -0.1) is 0 Å². The molecular formula is C25H27N3O. The van der Waals surface area contributed by atoms with Crippen LogP contribution in [0, 0.1) is 12.8 Å². The molecule has 0 N–H and O–H groups in total. The highest BCUT2D eigenvalue weighted by Crippen LogP contribution is 2.36. The zero-order valence-electron chi connectivity index (χ0n) is 17.5. The van der Waals surface area contributed by atoms with Gasteiger partial charge in [-0.25, -0.2) is 4.98 Å². The third kappa shape index (κ3) is 3.51. The summed E-state index contributed by atoms with van der Waals surface area (Å²) < 4.78 is 2.08. The number of aromatic nitrogens is 2. The number of pyridine rings is 1. The van der Waals surface area contributed by atoms with Gasteiger partial charge >= 0.3 is 0 Å². The summed E-state index contributed by atoms with van der Waals surface area (Å²) in [5.41, 5.74) is 3.95. The summed E-state index contributed by atoms with van der Waals surface area (Å²) in [6.07, 6.45) is 2.97. The number of nitrogens with zero attached hydrogens (tertiary/aromatic N) is 3. The van der Waals surface area contributed by atoms with Gasteiger partial charge < -0.3 is 0 Å². The minimum Gasteiger partial charge on any atom is -0.296 e. The second-order valence-corrected chi connectivity index (χ2v) is 8.05. The lowest BCUT2D eigenvalue weighted by Crippen LogP contribution is -2.31. The number of aryl methyl sites for hydroxylation is 1. The topological polar surface area (TPSA) is 37.6 Å². The maximum Gasteiger partial charge on any atom is 0.225 e. The van der Waals surface area contributed by atoms with Crippen molar-refractivity contribution in [2.75, 3.05) is 11.4 Å². The molecule has 4 heteroatoms. The molecule has 0 aliphatic rings. The molecule has 0 saturated heterocycles. The molecule has 4 aromatic rings. The van der Waals surface area contributed by atoms with Crippen molar-refractivity contribution in [1.29, 1.82) is 0 Å². The number of carbonyl (C=O) groups is 1. The Bertz CT molecular complexity index is 1190. The van der Waals surface area contributed by atoms with E-state index < -0.39 is 0 Å². The van der Waals surface area contributed by atoms with Gasteiger partial charge in [-0.2, -0.15) is 0 Å². The van der Waals surface area contributed by atoms with Crippen molar-refractivity contribution in [3.05, 3.63) is 66.4 Å². The first kappa shape index (κ1) is 19.2. The van der Waals surface area contributed by atoms with Gasteiger partial charge in [-0.05, 0) is 36.3 Å². The van der Waals surface area contributed by atoms with Crippen molar-refractivity contribution in [2.45, 2.75) is 34.1 Å². The molecule has 0 radical (unpaired) electrons. The predicted molar refractivity (Wildman–Crippen MR) is 120 cm³/mol. The highest BCUT2D eigenvalue weighted by Gasteiger charge is 2.24. The summed E-state index contributed by atoms with van der Waals surface area (Å²) in [6.45, 7) is 8.77. The van der Waals surface area contributed by atoms with Crippen molar-refractivity contribution in [3.8, 4) is 11.3 Å². The van der Waals surface area contributed by atoms with Gasteiger partial charge in [0.2, 0.25) is 5.91 Å². The smallest absolute Gasteiger partial charge is 0.225 e. The quantitative estimate of drug-likeness (QED) is 0.431. The fraction of sp³-hybridized carbons (Fsp3) is 0.280. The molecular weight excluding hydrogens is 358 g/mol. The van der Waals surface area contributed by atoms with E-state index in [4.69, 9.17) is 4.98 Å². The number of hydrogen-bond acceptors (Lipinski definition) is 2. The predicted octanol–water partition coefficient (Wildman–Crippen LogP) is 5.86. The summed E-state index contributed by atoms with van der Waals surface area (Å²) in [5.74, 6) is 1.41. The van der Waals surface area contributed by atoms with Crippen molar-refractivity contribution in [2.24, 2.45) is 5.92 Å². The van der Waals surface area contributed by atoms with Gasteiger partial charge in [0.1, 0.15) is 17.2 Å². The van der Waals surface area contributed by atoms with Crippen LogP contribution in [0.1, 0.15) is 32.8 Å². The lowest BCUT2D eigenvalue weighted by atomic mass is 10.1. The van der Waals surface area contributed by atoms with Crippen molar-refractivity contribution < 1.29 is 4.79 Å². The van der Waals surface area contributed by atoms with Crippen LogP contribution in [0.5, 0.6) is 0 Å². The van der Waals surface area contributed by atoms with Crippen LogP contribution in [-0.2, 0) is 4.79 Å². The summed E-state index contributed by atoms with van der Waals surface area (Å²) >= 11 is 0. The molecule has 0 spiro atoms. The molecule has 2 aromatic carbocycles. The average molecular weight is 386 g/mol. The monoisotopic (exact) mass is 385 g/mol. The SMILES string of the molecule is CC(=O)N(CCC(C)C)c1c(-c2ccccc2C)nc2c3ccccc3ccn12. The molecule has 0 aliphatic heterocycles. The standard InChI is InChI=1S/C25H27N3O/c1-17(2)13-15-27(19(4)29)25-23(21-11-7-5-9-18(21)3)26-24-22-12-8-6-10-20(22)14-16-28(24)25/h5-12,14,16-17H,13,15H2,1-4H3. The number of benzene rings is 2. The second kappa shape index (κ2) is 7.70. The number of anilines is 1. The van der Waals surface area contributed by atoms with E-state index in [-0.39, 0.29) is 5.91 Å². The Labute approximate surface area is 171 Å². The summed E-state index contributed by atoms with van der Waals surface area (Å²) in [5, 5.41) is 2.23. The molecule has 0 bridgehead atoms. The van der Waals surface area contributed by atoms with Gasteiger partial charge in [-0.1, -0.05) is 62.4 Å². The Balaban J connectivity index is 2.04. The van der Waals surface area contributed by atoms with E-state index in [1.54, 1.807) is 6.92 Å². The van der Waals surface area contributed by atoms with Crippen LogP contribution in [0.25, 0.3) is 27.7 Å². The normalized spacial score (nSPS) is 11.5. The van der Waals surface area contributed by atoms with Gasteiger partial charge in [-0.3, -0.25) is 14.1 Å². The Hall–Kier alpha value is -3.14. The van der Waals surface area contributed by atoms with Gasteiger partial charge in [0.05, 0.1) is 0 Å². The third-order valence-corrected chi connectivity index (χ3v) is 5.46. The Morgan fingerprint density at radius 2 is 1.79 bits per heavy atom. The molecule has 0 fully saturated rings. The highest BCUT2D eigenvalue weighted by molar-refractivity contribution is 6.00. The summed E-state index contributed by atoms with van der Waals surface area (Å²) in [7, 11) is 0. The first-order chi connectivity index (χ1) is 14.0. The molecule has 29 heavy (non-hydrogen) atoms. The Morgan fingerprint density at radius 1 is 1.07 bits per heavy atom. The van der Waals surface area contributed by atoms with Crippen LogP contribution in [0.2, 0.25) is 0 Å². The second-order valence-electron chi connectivity index (χ2n) is 8.05. The zero-order valence-corrected chi connectivity index (χ0v) is 17.5. The summed E-state index contributed by atoms with van der Waals surface area (Å²) in [4.78, 5) is 19.7. The lowest BCUT2D eigenvalue weighted by molar-refractivity contribution is -0.116. The summed E-state index contributed by atoms with van der Waals surface area (Å²) in [6, 6.07) is 18.6. The van der Waals surface area contributed by atoms with Crippen LogP contribution < -0.4 is 4.90 Å². The first-order valence-electron chi connectivity index (χ1n) is 10.2. The fourth-order valence-electron chi connectivity index (χ4n) is 3.83. The molecule has 4 nitrogen and oxygen atoms in total. The molecule has 0 saturated carbocycles. The number of fused-ring (bicyclic) bond motifs is 3. The van der Waals surface area contributed by atoms with Gasteiger partial charge in [0, 0.05) is 30.6 Å². The number of hydrogen-bond donors (Lipinski definition) is 0. The van der Waals surface area contributed by atoms with E-state index >= 15 is 0 Å². The van der Waals surface area contributed by atoms with Gasteiger partial charge in [0.25, 0.3) is 0 Å². The van der Waals surface area contributed by atoms with E-state index in [1.807, 2.05) is 35.4 Å². The third-order valence-electron chi connectivity index (χ3n) is 5.46. The molecule has 2 heterocycles. The molecule has 0 atom stereocenters. The molecule has 4 rings (SSSR count). The Kier molecular flexibility index (Phi) is 5.10. The van der Waals surface area contributed by atoms with Crippen molar-refractivity contribution >= 4 is 28.1 Å². The molecule has 148 valence electrons. The van der Waals surface area contributed by atoms with Crippen molar-refractivity contribution in [1.82, 2.24) is 9.38 Å². The van der Waals surface area contributed by atoms with E-state index in [9.17, 15) is 4.79 Å². The average Bonchev–Trinajstić information content (AvgIpc) is 3.08. The maximum atomic E-state index is 12.7. The number of carbonyl (C=O) groups excluding carboxylic acids is 1. The molecule has 0 aliphatic carbocycles. The first-order valence-corrected chi connectivity index (χ1v) is 10.2. The molecule has 1 amide bonds. The number of imidazole rings is 1. The highest BCUT2D eigenvalue weighted by atomic mass is 16.2. The minimum absolute atomic E-state index is 0.0374. The molecule has 0 unspecified atom stereocenters. The van der Waals surface area contributed by atoms with Crippen LogP contribution in [0.4, 0.5) is 5.82 Å². The molecule has 2 aromatic heterocycles. The van der Waals surface area contributed by atoms with Crippen molar-refractivity contribution in [3.63, 3.8) is 0 Å².